The maximum Gasteiger partial charge on any atom is 0.419 e. The van der Waals surface area contributed by atoms with Crippen LogP contribution in [0.15, 0.2) is 24.6 Å². The van der Waals surface area contributed by atoms with Crippen LogP contribution in [0.3, 0.4) is 0 Å². The van der Waals surface area contributed by atoms with E-state index in [0.717, 1.165) is 30.1 Å². The summed E-state index contributed by atoms with van der Waals surface area (Å²) in [6.45, 7) is 17.1. The second kappa shape index (κ2) is 10.7. The van der Waals surface area contributed by atoms with E-state index in [4.69, 9.17) is 14.9 Å². The second-order valence-electron chi connectivity index (χ2n) is 9.81. The summed E-state index contributed by atoms with van der Waals surface area (Å²) in [6, 6.07) is 0.821. The summed E-state index contributed by atoms with van der Waals surface area (Å²) in [6.07, 6.45) is 1.14. The number of guanidine groups is 1. The van der Waals surface area contributed by atoms with Gasteiger partial charge in [-0.05, 0) is 46.7 Å². The standard InChI is InChI=1S/C20H38FN3O5SSi/c1-11-12-16(21)20(5,6)30(26,27)23(7)17(22)24(18(25)29-19(2,3)4)15-28-13-14-31(8,9)10/h11-12,22H,1,13-15H2,2-10H3/b16-12+,22-17?. The lowest BCUT2D eigenvalue weighted by atomic mass is 10.1. The van der Waals surface area contributed by atoms with Crippen molar-refractivity contribution in [1.82, 2.24) is 9.21 Å². The Bertz CT molecular complexity index is 799. The summed E-state index contributed by atoms with van der Waals surface area (Å²) in [5, 5.41) is 8.37. The number of hydrogen-bond acceptors (Lipinski definition) is 6. The molecular weight excluding hydrogens is 441 g/mol. The van der Waals surface area contributed by atoms with Gasteiger partial charge in [-0.3, -0.25) is 5.41 Å². The SMILES string of the molecule is C=C/C=C(/F)C(C)(C)S(=O)(=O)N(C)C(=N)N(COCC[Si](C)(C)C)C(=O)OC(C)(C)C. The Kier molecular flexibility index (Phi) is 10.1. The first kappa shape index (κ1) is 29.3. The molecule has 0 radical (unpaired) electrons. The summed E-state index contributed by atoms with van der Waals surface area (Å²) >= 11 is 0. The van der Waals surface area contributed by atoms with Gasteiger partial charge in [-0.25, -0.2) is 26.8 Å². The van der Waals surface area contributed by atoms with Gasteiger partial charge in [-0.1, -0.05) is 32.3 Å². The van der Waals surface area contributed by atoms with Crippen LogP contribution in [0.1, 0.15) is 34.6 Å². The summed E-state index contributed by atoms with van der Waals surface area (Å²) in [5.74, 6) is -1.65. The number of ether oxygens (including phenoxy) is 2. The molecule has 0 aromatic heterocycles. The van der Waals surface area contributed by atoms with E-state index in [0.29, 0.717) is 10.9 Å². The van der Waals surface area contributed by atoms with E-state index in [1.807, 2.05) is 0 Å². The van der Waals surface area contributed by atoms with E-state index >= 15 is 0 Å². The molecule has 0 aliphatic carbocycles. The lowest BCUT2D eigenvalue weighted by Crippen LogP contribution is -2.54. The highest BCUT2D eigenvalue weighted by Gasteiger charge is 2.44. The van der Waals surface area contributed by atoms with Gasteiger partial charge < -0.3 is 9.47 Å². The molecule has 0 aliphatic rings. The number of carbonyl (C=O) groups excluding carboxylic acids is 1. The Morgan fingerprint density at radius 1 is 1.19 bits per heavy atom. The number of nitrogens with one attached hydrogen (secondary N) is 1. The minimum absolute atomic E-state index is 0.348. The van der Waals surface area contributed by atoms with Crippen LogP contribution in [0.4, 0.5) is 9.18 Å². The first-order valence-electron chi connectivity index (χ1n) is 9.92. The van der Waals surface area contributed by atoms with Crippen LogP contribution in [0.5, 0.6) is 0 Å². The first-order chi connectivity index (χ1) is 13.8. The van der Waals surface area contributed by atoms with Crippen LogP contribution in [0.25, 0.3) is 0 Å². The number of sulfonamides is 1. The van der Waals surface area contributed by atoms with Crippen molar-refractivity contribution in [3.63, 3.8) is 0 Å². The van der Waals surface area contributed by atoms with Gasteiger partial charge in [-0.15, -0.1) is 0 Å². The Hall–Kier alpha value is -1.72. The summed E-state index contributed by atoms with van der Waals surface area (Å²) in [5.41, 5.74) is -0.872. The van der Waals surface area contributed by atoms with Crippen molar-refractivity contribution in [2.24, 2.45) is 0 Å². The number of halogens is 1. The zero-order valence-corrected chi connectivity index (χ0v) is 22.0. The van der Waals surface area contributed by atoms with Gasteiger partial charge in [0, 0.05) is 21.7 Å². The maximum atomic E-state index is 14.4. The molecule has 0 aliphatic heterocycles. The predicted molar refractivity (Wildman–Crippen MR) is 125 cm³/mol. The predicted octanol–water partition coefficient (Wildman–Crippen LogP) is 4.55. The number of hydrogen-bond donors (Lipinski definition) is 1. The molecule has 0 aromatic carbocycles. The van der Waals surface area contributed by atoms with Gasteiger partial charge in [0.2, 0.25) is 16.0 Å². The number of rotatable bonds is 9. The molecule has 1 N–H and O–H groups in total. The third-order valence-electron chi connectivity index (χ3n) is 4.23. The van der Waals surface area contributed by atoms with Crippen LogP contribution in [-0.4, -0.2) is 68.5 Å². The molecule has 0 saturated heterocycles. The molecule has 11 heteroatoms. The summed E-state index contributed by atoms with van der Waals surface area (Å²) in [7, 11) is -4.73. The number of amides is 1. The molecular formula is C20H38FN3O5SSi. The van der Waals surface area contributed by atoms with E-state index in [-0.39, 0.29) is 6.73 Å². The fraction of sp³-hybridized carbons (Fsp3) is 0.700. The minimum Gasteiger partial charge on any atom is -0.443 e. The van der Waals surface area contributed by atoms with Gasteiger partial charge >= 0.3 is 6.09 Å². The van der Waals surface area contributed by atoms with Crippen LogP contribution >= 0.6 is 0 Å². The smallest absolute Gasteiger partial charge is 0.419 e. The molecule has 0 bridgehead atoms. The summed E-state index contributed by atoms with van der Waals surface area (Å²) < 4.78 is 49.9. The Balaban J connectivity index is 5.83. The number of carbonyl (C=O) groups is 1. The number of allylic oxidation sites excluding steroid dienone is 2. The van der Waals surface area contributed by atoms with Gasteiger partial charge in [0.05, 0.1) is 0 Å². The molecule has 0 atom stereocenters. The molecule has 0 heterocycles. The van der Waals surface area contributed by atoms with Crippen molar-refractivity contribution >= 4 is 30.1 Å². The molecule has 1 amide bonds. The van der Waals surface area contributed by atoms with Crippen molar-refractivity contribution in [3.8, 4) is 0 Å². The Morgan fingerprint density at radius 3 is 2.13 bits per heavy atom. The molecule has 0 rings (SSSR count). The topological polar surface area (TPSA) is 100 Å². The van der Waals surface area contributed by atoms with E-state index in [9.17, 15) is 17.6 Å². The van der Waals surface area contributed by atoms with Gasteiger partial charge in [0.25, 0.3) is 0 Å². The molecule has 0 spiro atoms. The third kappa shape index (κ3) is 8.74. The fourth-order valence-corrected chi connectivity index (χ4v) is 4.19. The van der Waals surface area contributed by atoms with Crippen LogP contribution in [0.2, 0.25) is 25.7 Å². The Morgan fingerprint density at radius 2 is 1.71 bits per heavy atom. The quantitative estimate of drug-likeness (QED) is 0.131. The average molecular weight is 480 g/mol. The maximum absolute atomic E-state index is 14.4. The van der Waals surface area contributed by atoms with E-state index in [1.165, 1.54) is 13.8 Å². The van der Waals surface area contributed by atoms with E-state index in [2.05, 4.69) is 26.2 Å². The average Bonchev–Trinajstić information content (AvgIpc) is 2.57. The first-order valence-corrected chi connectivity index (χ1v) is 15.1. The highest BCUT2D eigenvalue weighted by Crippen LogP contribution is 2.30. The third-order valence-corrected chi connectivity index (χ3v) is 8.31. The zero-order valence-electron chi connectivity index (χ0n) is 20.2. The van der Waals surface area contributed by atoms with Gasteiger partial charge in [0.1, 0.15) is 22.9 Å². The lowest BCUT2D eigenvalue weighted by Gasteiger charge is -2.34. The highest BCUT2D eigenvalue weighted by molar-refractivity contribution is 7.91. The van der Waals surface area contributed by atoms with Crippen LogP contribution in [0, 0.1) is 5.41 Å². The monoisotopic (exact) mass is 479 g/mol. The zero-order chi connectivity index (χ0) is 24.8. The molecule has 0 unspecified atom stereocenters. The van der Waals surface area contributed by atoms with Crippen molar-refractivity contribution in [1.29, 1.82) is 5.41 Å². The van der Waals surface area contributed by atoms with Crippen molar-refractivity contribution in [2.75, 3.05) is 20.4 Å². The summed E-state index contributed by atoms with van der Waals surface area (Å²) in [4.78, 5) is 13.5. The Labute approximate surface area is 187 Å². The second-order valence-corrected chi connectivity index (χ2v) is 18.0. The van der Waals surface area contributed by atoms with Crippen molar-refractivity contribution in [2.45, 2.75) is 70.7 Å². The fourth-order valence-electron chi connectivity index (χ4n) is 2.11. The van der Waals surface area contributed by atoms with E-state index < -0.39 is 46.3 Å². The van der Waals surface area contributed by atoms with Crippen LogP contribution in [-0.2, 0) is 19.5 Å². The van der Waals surface area contributed by atoms with Crippen LogP contribution < -0.4 is 0 Å². The van der Waals surface area contributed by atoms with E-state index in [1.54, 1.807) is 20.8 Å². The normalized spacial score (nSPS) is 13.5. The molecule has 180 valence electrons. The van der Waals surface area contributed by atoms with Crippen molar-refractivity contribution in [3.05, 3.63) is 24.6 Å². The van der Waals surface area contributed by atoms with Gasteiger partial charge in [-0.2, -0.15) is 0 Å². The molecule has 31 heavy (non-hydrogen) atoms. The number of nitrogens with zero attached hydrogens (tertiary/aromatic N) is 2. The highest BCUT2D eigenvalue weighted by atomic mass is 32.2. The van der Waals surface area contributed by atoms with Gasteiger partial charge in [0.15, 0.2) is 0 Å². The molecule has 0 saturated carbocycles. The molecule has 0 fully saturated rings. The molecule has 0 aromatic rings. The van der Waals surface area contributed by atoms with Crippen molar-refractivity contribution < 1.29 is 27.1 Å². The lowest BCUT2D eigenvalue weighted by molar-refractivity contribution is 0.00821. The molecule has 8 nitrogen and oxygen atoms in total. The largest absolute Gasteiger partial charge is 0.443 e. The minimum atomic E-state index is -4.42.